The highest BCUT2D eigenvalue weighted by atomic mass is 35.5. The van der Waals surface area contributed by atoms with Crippen molar-refractivity contribution in [1.29, 1.82) is 0 Å². The van der Waals surface area contributed by atoms with Crippen LogP contribution in [0.25, 0.3) is 0 Å². The van der Waals surface area contributed by atoms with Gasteiger partial charge in [0.25, 0.3) is 0 Å². The standard InChI is InChI=1S/C11H16N2OS.2ClH/c1-4-15-8-9(1)7-13-2-3-14-11-6-12-5-10(11)13;;/h1,4,8,10-12H,2-3,5-7H2;2*1H/t10-,11+;;/m0../s1. The molecule has 0 unspecified atom stereocenters. The Kier molecular flexibility index (Phi) is 6.20. The van der Waals surface area contributed by atoms with E-state index in [1.54, 1.807) is 11.3 Å². The van der Waals surface area contributed by atoms with Gasteiger partial charge < -0.3 is 10.1 Å². The third-order valence-corrected chi connectivity index (χ3v) is 4.01. The SMILES string of the molecule is Cl.Cl.c1cc(CN2CCO[C@@H]3CNC[C@@H]32)cs1. The number of nitrogens with one attached hydrogen (secondary N) is 1. The molecule has 2 fully saturated rings. The number of nitrogens with zero attached hydrogens (tertiary/aromatic N) is 1. The number of ether oxygens (including phenoxy) is 1. The van der Waals surface area contributed by atoms with Gasteiger partial charge in [0.1, 0.15) is 0 Å². The lowest BCUT2D eigenvalue weighted by Crippen LogP contribution is -2.50. The molecule has 0 bridgehead atoms. The van der Waals surface area contributed by atoms with Crippen LogP contribution in [-0.2, 0) is 11.3 Å². The number of hydrogen-bond acceptors (Lipinski definition) is 4. The highest BCUT2D eigenvalue weighted by Crippen LogP contribution is 2.20. The molecule has 17 heavy (non-hydrogen) atoms. The van der Waals surface area contributed by atoms with Crippen molar-refractivity contribution in [3.63, 3.8) is 0 Å². The Labute approximate surface area is 118 Å². The largest absolute Gasteiger partial charge is 0.374 e. The van der Waals surface area contributed by atoms with Gasteiger partial charge in [0.2, 0.25) is 0 Å². The van der Waals surface area contributed by atoms with Crippen LogP contribution in [0.2, 0.25) is 0 Å². The van der Waals surface area contributed by atoms with Crippen LogP contribution in [0.4, 0.5) is 0 Å². The zero-order valence-electron chi connectivity index (χ0n) is 9.50. The van der Waals surface area contributed by atoms with E-state index >= 15 is 0 Å². The van der Waals surface area contributed by atoms with Crippen molar-refractivity contribution >= 4 is 36.2 Å². The minimum absolute atomic E-state index is 0. The summed E-state index contributed by atoms with van der Waals surface area (Å²) >= 11 is 1.78. The van der Waals surface area contributed by atoms with Gasteiger partial charge in [-0.15, -0.1) is 24.8 Å². The van der Waals surface area contributed by atoms with E-state index in [1.807, 2.05) is 0 Å². The molecule has 2 aliphatic heterocycles. The van der Waals surface area contributed by atoms with Gasteiger partial charge in [0.15, 0.2) is 0 Å². The van der Waals surface area contributed by atoms with Gasteiger partial charge in [-0.3, -0.25) is 4.90 Å². The van der Waals surface area contributed by atoms with Gasteiger partial charge in [-0.2, -0.15) is 11.3 Å². The summed E-state index contributed by atoms with van der Waals surface area (Å²) < 4.78 is 5.75. The van der Waals surface area contributed by atoms with E-state index in [9.17, 15) is 0 Å². The van der Waals surface area contributed by atoms with Gasteiger partial charge in [0, 0.05) is 32.2 Å². The lowest BCUT2D eigenvalue weighted by molar-refractivity contribution is -0.0500. The molecule has 3 heterocycles. The smallest absolute Gasteiger partial charge is 0.0867 e. The molecule has 0 aromatic carbocycles. The first kappa shape index (κ1) is 15.2. The molecule has 1 aromatic rings. The van der Waals surface area contributed by atoms with Crippen molar-refractivity contribution in [3.8, 4) is 0 Å². The maximum Gasteiger partial charge on any atom is 0.0867 e. The topological polar surface area (TPSA) is 24.5 Å². The Morgan fingerprint density at radius 1 is 1.41 bits per heavy atom. The number of halogens is 2. The van der Waals surface area contributed by atoms with E-state index in [1.165, 1.54) is 5.56 Å². The zero-order chi connectivity index (χ0) is 10.1. The average Bonchev–Trinajstić information content (AvgIpc) is 2.87. The monoisotopic (exact) mass is 296 g/mol. The average molecular weight is 297 g/mol. The third kappa shape index (κ3) is 3.34. The van der Waals surface area contributed by atoms with Crippen molar-refractivity contribution in [3.05, 3.63) is 22.4 Å². The van der Waals surface area contributed by atoms with E-state index < -0.39 is 0 Å². The molecule has 0 aliphatic carbocycles. The Hall–Kier alpha value is 0.160. The van der Waals surface area contributed by atoms with Crippen molar-refractivity contribution in [1.82, 2.24) is 10.2 Å². The molecule has 3 nitrogen and oxygen atoms in total. The second-order valence-corrected chi connectivity index (χ2v) is 5.02. The molecule has 0 saturated carbocycles. The summed E-state index contributed by atoms with van der Waals surface area (Å²) in [6.07, 6.45) is 0.414. The Balaban J connectivity index is 0.000000722. The number of morpholine rings is 1. The lowest BCUT2D eigenvalue weighted by atomic mass is 10.1. The van der Waals surface area contributed by atoms with Crippen molar-refractivity contribution in [2.24, 2.45) is 0 Å². The second-order valence-electron chi connectivity index (χ2n) is 4.24. The number of thiophene rings is 1. The maximum atomic E-state index is 5.75. The van der Waals surface area contributed by atoms with Gasteiger partial charge in [-0.25, -0.2) is 0 Å². The van der Waals surface area contributed by atoms with Crippen molar-refractivity contribution in [2.75, 3.05) is 26.2 Å². The predicted molar refractivity (Wildman–Crippen MR) is 75.6 cm³/mol. The summed E-state index contributed by atoms with van der Waals surface area (Å²) in [5, 5.41) is 7.81. The van der Waals surface area contributed by atoms with E-state index in [4.69, 9.17) is 4.74 Å². The Bertz CT molecular complexity index is 323. The van der Waals surface area contributed by atoms with Gasteiger partial charge in [-0.1, -0.05) is 0 Å². The van der Waals surface area contributed by atoms with Crippen molar-refractivity contribution in [2.45, 2.75) is 18.7 Å². The first-order valence-electron chi connectivity index (χ1n) is 5.51. The lowest BCUT2D eigenvalue weighted by Gasteiger charge is -2.36. The highest BCUT2D eigenvalue weighted by molar-refractivity contribution is 7.07. The Morgan fingerprint density at radius 2 is 2.29 bits per heavy atom. The molecule has 2 atom stereocenters. The van der Waals surface area contributed by atoms with Gasteiger partial charge in [-0.05, 0) is 22.4 Å². The molecule has 6 heteroatoms. The fourth-order valence-corrected chi connectivity index (χ4v) is 3.14. The third-order valence-electron chi connectivity index (χ3n) is 3.27. The summed E-state index contributed by atoms with van der Waals surface area (Å²) in [6, 6.07) is 2.80. The molecule has 1 N–H and O–H groups in total. The van der Waals surface area contributed by atoms with Crippen LogP contribution in [-0.4, -0.2) is 43.3 Å². The van der Waals surface area contributed by atoms with Crippen LogP contribution in [0.3, 0.4) is 0 Å². The molecule has 0 amide bonds. The molecular weight excluding hydrogens is 279 g/mol. The van der Waals surface area contributed by atoms with Crippen LogP contribution in [0.1, 0.15) is 5.56 Å². The van der Waals surface area contributed by atoms with Crippen LogP contribution < -0.4 is 5.32 Å². The van der Waals surface area contributed by atoms with Crippen molar-refractivity contribution < 1.29 is 4.74 Å². The highest BCUT2D eigenvalue weighted by Gasteiger charge is 2.35. The van der Waals surface area contributed by atoms with E-state index in [2.05, 4.69) is 27.0 Å². The summed E-state index contributed by atoms with van der Waals surface area (Å²) in [4.78, 5) is 2.55. The molecular formula is C11H18Cl2N2OS. The summed E-state index contributed by atoms with van der Waals surface area (Å²) in [5.74, 6) is 0. The molecule has 2 saturated heterocycles. The zero-order valence-corrected chi connectivity index (χ0v) is 12.0. The van der Waals surface area contributed by atoms with E-state index in [0.29, 0.717) is 12.1 Å². The van der Waals surface area contributed by atoms with Crippen LogP contribution in [0.5, 0.6) is 0 Å². The molecule has 0 radical (unpaired) electrons. The Morgan fingerprint density at radius 3 is 3.06 bits per heavy atom. The van der Waals surface area contributed by atoms with E-state index in [-0.39, 0.29) is 24.8 Å². The van der Waals surface area contributed by atoms with Crippen LogP contribution in [0, 0.1) is 0 Å². The van der Waals surface area contributed by atoms with E-state index in [0.717, 1.165) is 32.8 Å². The minimum atomic E-state index is 0. The normalized spacial score (nSPS) is 28.0. The van der Waals surface area contributed by atoms with Gasteiger partial charge >= 0.3 is 0 Å². The van der Waals surface area contributed by atoms with Crippen LogP contribution in [0.15, 0.2) is 16.8 Å². The second kappa shape index (κ2) is 6.92. The molecule has 1 aromatic heterocycles. The minimum Gasteiger partial charge on any atom is -0.374 e. The quantitative estimate of drug-likeness (QED) is 0.900. The molecule has 0 spiro atoms. The molecule has 98 valence electrons. The maximum absolute atomic E-state index is 5.75. The summed E-state index contributed by atoms with van der Waals surface area (Å²) in [6.45, 7) is 5.13. The summed E-state index contributed by atoms with van der Waals surface area (Å²) in [7, 11) is 0. The van der Waals surface area contributed by atoms with Gasteiger partial charge in [0.05, 0.1) is 12.7 Å². The molecule has 3 rings (SSSR count). The number of hydrogen-bond donors (Lipinski definition) is 1. The number of fused-ring (bicyclic) bond motifs is 1. The number of rotatable bonds is 2. The van der Waals surface area contributed by atoms with Crippen LogP contribution >= 0.6 is 36.2 Å². The fraction of sp³-hybridized carbons (Fsp3) is 0.636. The first-order chi connectivity index (χ1) is 7.43. The predicted octanol–water partition coefficient (Wildman–Crippen LogP) is 1.76. The molecule has 2 aliphatic rings. The fourth-order valence-electron chi connectivity index (χ4n) is 2.48. The first-order valence-corrected chi connectivity index (χ1v) is 6.45. The summed E-state index contributed by atoms with van der Waals surface area (Å²) in [5.41, 5.74) is 1.44.